The second-order valence-electron chi connectivity index (χ2n) is 6.75. The highest BCUT2D eigenvalue weighted by molar-refractivity contribution is 6.91. The van der Waals surface area contributed by atoms with Crippen molar-refractivity contribution in [2.75, 3.05) is 14.2 Å². The van der Waals surface area contributed by atoms with E-state index in [1.807, 2.05) is 0 Å². The van der Waals surface area contributed by atoms with E-state index in [-0.39, 0.29) is 0 Å². The molecule has 0 saturated heterocycles. The first kappa shape index (κ1) is 15.3. The smallest absolute Gasteiger partial charge is 0.118 e. The number of benzene rings is 1. The van der Waals surface area contributed by atoms with Gasteiger partial charge < -0.3 is 9.47 Å². The minimum Gasteiger partial charge on any atom is -0.497 e. The van der Waals surface area contributed by atoms with Gasteiger partial charge in [0.05, 0.1) is 30.4 Å². The molecule has 4 heteroatoms. The maximum absolute atomic E-state index is 5.61. The van der Waals surface area contributed by atoms with Gasteiger partial charge in [0.1, 0.15) is 11.5 Å². The molecule has 0 fully saturated rings. The molecule has 0 radical (unpaired) electrons. The average molecular weight is 283 g/mol. The second-order valence-corrected chi connectivity index (χ2v) is 16.8. The van der Waals surface area contributed by atoms with Crippen LogP contribution in [0.4, 0.5) is 0 Å². The Bertz CT molecular complexity index is 387. The van der Waals surface area contributed by atoms with Crippen LogP contribution in [-0.2, 0) is 0 Å². The van der Waals surface area contributed by atoms with Gasteiger partial charge in [-0.25, -0.2) is 0 Å². The van der Waals surface area contributed by atoms with E-state index in [9.17, 15) is 0 Å². The van der Waals surface area contributed by atoms with E-state index in [4.69, 9.17) is 9.47 Å². The van der Waals surface area contributed by atoms with Crippen LogP contribution in [0.15, 0.2) is 12.1 Å². The van der Waals surface area contributed by atoms with E-state index in [0.717, 1.165) is 11.5 Å². The summed E-state index contributed by atoms with van der Waals surface area (Å²) >= 11 is 0. The number of hydrogen-bond donors (Lipinski definition) is 0. The zero-order chi connectivity index (χ0) is 14.1. The number of rotatable bonds is 4. The van der Waals surface area contributed by atoms with Crippen molar-refractivity contribution in [3.63, 3.8) is 0 Å². The Morgan fingerprint density at radius 1 is 0.667 bits per heavy atom. The SMILES string of the molecule is COc1cc([Si](C)(C)C)c(OC)cc1[Si](C)(C)C. The fourth-order valence-electron chi connectivity index (χ4n) is 2.07. The molecule has 1 rings (SSSR count). The maximum Gasteiger partial charge on any atom is 0.118 e. The van der Waals surface area contributed by atoms with E-state index in [1.54, 1.807) is 14.2 Å². The van der Waals surface area contributed by atoms with Crippen LogP contribution in [0, 0.1) is 0 Å². The van der Waals surface area contributed by atoms with Gasteiger partial charge in [-0.15, -0.1) is 0 Å². The molecule has 0 aliphatic carbocycles. The van der Waals surface area contributed by atoms with Gasteiger partial charge in [0, 0.05) is 0 Å². The van der Waals surface area contributed by atoms with Crippen molar-refractivity contribution >= 4 is 26.5 Å². The van der Waals surface area contributed by atoms with E-state index >= 15 is 0 Å². The molecular formula is C14H26O2Si2. The number of ether oxygens (including phenoxy) is 2. The zero-order valence-electron chi connectivity index (χ0n) is 13.0. The Hall–Kier alpha value is -0.746. The van der Waals surface area contributed by atoms with Crippen molar-refractivity contribution in [3.05, 3.63) is 12.1 Å². The van der Waals surface area contributed by atoms with Gasteiger partial charge in [0.2, 0.25) is 0 Å². The molecule has 0 unspecified atom stereocenters. The van der Waals surface area contributed by atoms with Crippen LogP contribution >= 0.6 is 0 Å². The molecule has 0 amide bonds. The van der Waals surface area contributed by atoms with Gasteiger partial charge in [-0.3, -0.25) is 0 Å². The Morgan fingerprint density at radius 3 is 1.11 bits per heavy atom. The summed E-state index contributed by atoms with van der Waals surface area (Å²) < 4.78 is 11.2. The second kappa shape index (κ2) is 5.09. The van der Waals surface area contributed by atoms with Gasteiger partial charge in [0.15, 0.2) is 0 Å². The number of hydrogen-bond acceptors (Lipinski definition) is 2. The lowest BCUT2D eigenvalue weighted by molar-refractivity contribution is 0.408. The lowest BCUT2D eigenvalue weighted by atomic mass is 10.3. The molecule has 0 N–H and O–H groups in total. The Labute approximate surface area is 113 Å². The lowest BCUT2D eigenvalue weighted by Gasteiger charge is -2.26. The molecular weight excluding hydrogens is 256 g/mol. The molecule has 0 aliphatic heterocycles. The van der Waals surface area contributed by atoms with E-state index in [1.165, 1.54) is 10.4 Å². The molecule has 1 aromatic carbocycles. The van der Waals surface area contributed by atoms with Gasteiger partial charge in [-0.2, -0.15) is 0 Å². The van der Waals surface area contributed by atoms with Crippen molar-refractivity contribution in [3.8, 4) is 11.5 Å². The Kier molecular flexibility index (Phi) is 4.33. The largest absolute Gasteiger partial charge is 0.497 e. The third-order valence-corrected chi connectivity index (χ3v) is 7.15. The van der Waals surface area contributed by atoms with Crippen LogP contribution < -0.4 is 19.8 Å². The molecule has 18 heavy (non-hydrogen) atoms. The molecule has 0 saturated carbocycles. The highest BCUT2D eigenvalue weighted by Crippen LogP contribution is 2.21. The first-order valence-corrected chi connectivity index (χ1v) is 13.4. The van der Waals surface area contributed by atoms with Gasteiger partial charge in [-0.05, 0) is 22.5 Å². The van der Waals surface area contributed by atoms with Crippen LogP contribution in [0.25, 0.3) is 0 Å². The molecule has 0 heterocycles. The first-order valence-electron chi connectivity index (χ1n) is 6.38. The topological polar surface area (TPSA) is 18.5 Å². The van der Waals surface area contributed by atoms with Crippen LogP contribution in [0.1, 0.15) is 0 Å². The summed E-state index contributed by atoms with van der Waals surface area (Å²) in [5.74, 6) is 2.07. The monoisotopic (exact) mass is 282 g/mol. The fourth-order valence-corrected chi connectivity index (χ4v) is 5.02. The highest BCUT2D eigenvalue weighted by atomic mass is 28.3. The van der Waals surface area contributed by atoms with Gasteiger partial charge >= 0.3 is 0 Å². The molecule has 0 aromatic heterocycles. The number of methoxy groups -OCH3 is 2. The third kappa shape index (κ3) is 3.17. The normalized spacial score (nSPS) is 12.4. The molecule has 0 bridgehead atoms. The molecule has 2 nitrogen and oxygen atoms in total. The maximum atomic E-state index is 5.61. The minimum absolute atomic E-state index is 1.03. The molecule has 0 atom stereocenters. The molecule has 0 aliphatic rings. The first-order chi connectivity index (χ1) is 8.11. The van der Waals surface area contributed by atoms with Crippen molar-refractivity contribution in [1.82, 2.24) is 0 Å². The predicted octanol–water partition coefficient (Wildman–Crippen LogP) is 2.79. The summed E-state index contributed by atoms with van der Waals surface area (Å²) in [7, 11) is 0.690. The van der Waals surface area contributed by atoms with Gasteiger partial charge in [0.25, 0.3) is 0 Å². The standard InChI is InChI=1S/C14H26O2Si2/c1-15-11-9-14(18(6,7)8)12(16-2)10-13(11)17(3,4)5/h9-10H,1-8H3. The Balaban J connectivity index is 3.52. The van der Waals surface area contributed by atoms with Crippen LogP contribution in [0.2, 0.25) is 39.3 Å². The summed E-state index contributed by atoms with van der Waals surface area (Å²) in [6.07, 6.45) is 0. The molecule has 0 spiro atoms. The highest BCUT2D eigenvalue weighted by Gasteiger charge is 2.27. The summed E-state index contributed by atoms with van der Waals surface area (Å²) in [5.41, 5.74) is 0. The van der Waals surface area contributed by atoms with Crippen LogP contribution in [-0.4, -0.2) is 30.4 Å². The van der Waals surface area contributed by atoms with E-state index in [2.05, 4.69) is 51.4 Å². The minimum atomic E-state index is -1.42. The zero-order valence-corrected chi connectivity index (χ0v) is 15.0. The average Bonchev–Trinajstić information content (AvgIpc) is 2.24. The van der Waals surface area contributed by atoms with Gasteiger partial charge in [-0.1, -0.05) is 39.3 Å². The lowest BCUT2D eigenvalue weighted by Crippen LogP contribution is -2.43. The van der Waals surface area contributed by atoms with Crippen LogP contribution in [0.5, 0.6) is 11.5 Å². The molecule has 1 aromatic rings. The molecule has 102 valence electrons. The van der Waals surface area contributed by atoms with Crippen LogP contribution in [0.3, 0.4) is 0 Å². The Morgan fingerprint density at radius 2 is 0.944 bits per heavy atom. The quantitative estimate of drug-likeness (QED) is 0.791. The fraction of sp³-hybridized carbons (Fsp3) is 0.571. The summed E-state index contributed by atoms with van der Waals surface area (Å²) in [6, 6.07) is 4.41. The summed E-state index contributed by atoms with van der Waals surface area (Å²) in [6.45, 7) is 14.0. The van der Waals surface area contributed by atoms with Crippen molar-refractivity contribution < 1.29 is 9.47 Å². The summed E-state index contributed by atoms with van der Waals surface area (Å²) in [5, 5.41) is 2.67. The van der Waals surface area contributed by atoms with Crippen molar-refractivity contribution in [1.29, 1.82) is 0 Å². The van der Waals surface area contributed by atoms with E-state index < -0.39 is 16.1 Å². The summed E-state index contributed by atoms with van der Waals surface area (Å²) in [4.78, 5) is 0. The van der Waals surface area contributed by atoms with Crippen molar-refractivity contribution in [2.45, 2.75) is 39.3 Å². The van der Waals surface area contributed by atoms with E-state index in [0.29, 0.717) is 0 Å². The third-order valence-electron chi connectivity index (χ3n) is 3.14. The van der Waals surface area contributed by atoms with Crippen molar-refractivity contribution in [2.24, 2.45) is 0 Å². The predicted molar refractivity (Wildman–Crippen MR) is 85.5 cm³/mol.